The molecular formula is C32H37Cl2N3O6S. The summed E-state index contributed by atoms with van der Waals surface area (Å²) in [5.41, 5.74) is 1.64. The summed E-state index contributed by atoms with van der Waals surface area (Å²) >= 11 is 12.7. The van der Waals surface area contributed by atoms with Crippen LogP contribution >= 0.6 is 23.2 Å². The summed E-state index contributed by atoms with van der Waals surface area (Å²) in [5, 5.41) is 3.75. The molecule has 0 fully saturated rings. The highest BCUT2D eigenvalue weighted by molar-refractivity contribution is 7.92. The maximum Gasteiger partial charge on any atom is 0.244 e. The molecule has 44 heavy (non-hydrogen) atoms. The third-order valence-corrected chi connectivity index (χ3v) is 9.75. The van der Waals surface area contributed by atoms with Crippen molar-refractivity contribution in [3.8, 4) is 11.5 Å². The number of hydrogen-bond donors (Lipinski definition) is 1. The van der Waals surface area contributed by atoms with Gasteiger partial charge < -0.3 is 19.7 Å². The lowest BCUT2D eigenvalue weighted by atomic mass is 10.0. The molecular weight excluding hydrogens is 625 g/mol. The Morgan fingerprint density at radius 3 is 2.32 bits per heavy atom. The molecule has 12 heteroatoms. The lowest BCUT2D eigenvalue weighted by molar-refractivity contribution is -0.140. The molecule has 1 N–H and O–H groups in total. The van der Waals surface area contributed by atoms with Crippen molar-refractivity contribution in [2.75, 3.05) is 29.8 Å². The fourth-order valence-electron chi connectivity index (χ4n) is 4.74. The first-order chi connectivity index (χ1) is 21.0. The molecule has 236 valence electrons. The molecule has 2 atom stereocenters. The Morgan fingerprint density at radius 2 is 1.66 bits per heavy atom. The van der Waals surface area contributed by atoms with E-state index in [4.69, 9.17) is 32.7 Å². The fraction of sp³-hybridized carbons (Fsp3) is 0.375. The van der Waals surface area contributed by atoms with Crippen molar-refractivity contribution in [2.45, 2.75) is 52.2 Å². The van der Waals surface area contributed by atoms with E-state index < -0.39 is 28.5 Å². The average Bonchev–Trinajstić information content (AvgIpc) is 3.02. The molecule has 1 aliphatic heterocycles. The van der Waals surface area contributed by atoms with Gasteiger partial charge in [0.15, 0.2) is 11.5 Å². The Labute approximate surface area is 269 Å². The van der Waals surface area contributed by atoms with Crippen molar-refractivity contribution >= 4 is 50.7 Å². The van der Waals surface area contributed by atoms with Crippen LogP contribution in [0.1, 0.15) is 38.3 Å². The van der Waals surface area contributed by atoms with Crippen molar-refractivity contribution in [3.63, 3.8) is 0 Å². The van der Waals surface area contributed by atoms with Crippen molar-refractivity contribution < 1.29 is 27.5 Å². The molecule has 0 aromatic heterocycles. The van der Waals surface area contributed by atoms with Crippen LogP contribution in [0.2, 0.25) is 10.0 Å². The highest BCUT2D eigenvalue weighted by Gasteiger charge is 2.34. The summed E-state index contributed by atoms with van der Waals surface area (Å²) in [4.78, 5) is 29.6. The summed E-state index contributed by atoms with van der Waals surface area (Å²) in [6.07, 6.45) is 0.887. The van der Waals surface area contributed by atoms with Crippen LogP contribution in [-0.4, -0.2) is 62.7 Å². The van der Waals surface area contributed by atoms with E-state index >= 15 is 0 Å². The van der Waals surface area contributed by atoms with Gasteiger partial charge in [-0.2, -0.15) is 0 Å². The molecule has 0 unspecified atom stereocenters. The van der Waals surface area contributed by atoms with E-state index in [1.54, 1.807) is 36.4 Å². The summed E-state index contributed by atoms with van der Waals surface area (Å²) in [5.74, 6) is -0.310. The molecule has 3 aromatic carbocycles. The van der Waals surface area contributed by atoms with E-state index in [1.165, 1.54) is 11.8 Å². The first-order valence-electron chi connectivity index (χ1n) is 14.5. The number of benzene rings is 3. The van der Waals surface area contributed by atoms with Gasteiger partial charge in [0.2, 0.25) is 21.8 Å². The largest absolute Gasteiger partial charge is 0.486 e. The number of nitrogens with one attached hydrogen (secondary N) is 1. The molecule has 0 saturated carbocycles. The maximum absolute atomic E-state index is 14.4. The van der Waals surface area contributed by atoms with E-state index in [0.717, 1.165) is 9.87 Å². The number of anilines is 1. The van der Waals surface area contributed by atoms with Crippen molar-refractivity contribution in [3.05, 3.63) is 87.9 Å². The Morgan fingerprint density at radius 1 is 0.955 bits per heavy atom. The van der Waals surface area contributed by atoms with Gasteiger partial charge in [-0.05, 0) is 55.7 Å². The number of fused-ring (bicyclic) bond motifs is 1. The van der Waals surface area contributed by atoms with Crippen molar-refractivity contribution in [1.82, 2.24) is 10.2 Å². The SMILES string of the molecule is CC[C@H](C)NC(=O)[C@H](Cc1ccccc1)N(Cc1ccc(Cl)cc1Cl)C(=O)CN(c1ccc2c(c1)OCCO2)S(=O)(=O)CC. The second-order valence-electron chi connectivity index (χ2n) is 10.5. The Balaban J connectivity index is 1.77. The van der Waals surface area contributed by atoms with Crippen LogP contribution in [-0.2, 0) is 32.6 Å². The summed E-state index contributed by atoms with van der Waals surface area (Å²) in [6.45, 7) is 5.44. The molecule has 4 rings (SSSR count). The van der Waals surface area contributed by atoms with E-state index in [1.807, 2.05) is 44.2 Å². The molecule has 9 nitrogen and oxygen atoms in total. The number of carbonyl (C=O) groups excluding carboxylic acids is 2. The van der Waals surface area contributed by atoms with Gasteiger partial charge in [-0.3, -0.25) is 13.9 Å². The van der Waals surface area contributed by atoms with Crippen LogP contribution in [0.4, 0.5) is 5.69 Å². The molecule has 2 amide bonds. The van der Waals surface area contributed by atoms with Crippen LogP contribution in [0.3, 0.4) is 0 Å². The second-order valence-corrected chi connectivity index (χ2v) is 13.5. The number of hydrogen-bond acceptors (Lipinski definition) is 6. The third kappa shape index (κ3) is 8.37. The van der Waals surface area contributed by atoms with Crippen LogP contribution < -0.4 is 19.1 Å². The van der Waals surface area contributed by atoms with Gasteiger partial charge in [0.25, 0.3) is 0 Å². The highest BCUT2D eigenvalue weighted by atomic mass is 35.5. The maximum atomic E-state index is 14.4. The van der Waals surface area contributed by atoms with Gasteiger partial charge in [-0.1, -0.05) is 66.5 Å². The molecule has 1 heterocycles. The minimum Gasteiger partial charge on any atom is -0.486 e. The number of rotatable bonds is 13. The molecule has 0 bridgehead atoms. The summed E-state index contributed by atoms with van der Waals surface area (Å²) in [7, 11) is -3.94. The molecule has 0 spiro atoms. The van der Waals surface area contributed by atoms with E-state index in [9.17, 15) is 18.0 Å². The summed E-state index contributed by atoms with van der Waals surface area (Å²) < 4.78 is 39.2. The number of halogens is 2. The molecule has 0 radical (unpaired) electrons. The Bertz CT molecular complexity index is 1570. The fourth-order valence-corrected chi connectivity index (χ4v) is 6.26. The van der Waals surface area contributed by atoms with E-state index in [2.05, 4.69) is 5.32 Å². The Hall–Kier alpha value is -3.47. The number of ether oxygens (including phenoxy) is 2. The molecule has 3 aromatic rings. The quantitative estimate of drug-likeness (QED) is 0.260. The number of sulfonamides is 1. The molecule has 1 aliphatic rings. The minimum absolute atomic E-state index is 0.0542. The van der Waals surface area contributed by atoms with Gasteiger partial charge in [-0.25, -0.2) is 8.42 Å². The van der Waals surface area contributed by atoms with Crippen LogP contribution in [0.25, 0.3) is 0 Å². The predicted molar refractivity (Wildman–Crippen MR) is 173 cm³/mol. The average molecular weight is 663 g/mol. The van der Waals surface area contributed by atoms with Gasteiger partial charge in [0, 0.05) is 35.1 Å². The first kappa shape index (κ1) is 33.4. The van der Waals surface area contributed by atoms with Crippen LogP contribution in [0, 0.1) is 0 Å². The van der Waals surface area contributed by atoms with Crippen molar-refractivity contribution in [2.24, 2.45) is 0 Å². The predicted octanol–water partition coefficient (Wildman–Crippen LogP) is 5.48. The molecule has 0 aliphatic carbocycles. The number of nitrogens with zero attached hydrogens (tertiary/aromatic N) is 2. The van der Waals surface area contributed by atoms with Gasteiger partial charge in [-0.15, -0.1) is 0 Å². The smallest absolute Gasteiger partial charge is 0.244 e. The molecule has 0 saturated heterocycles. The van der Waals surface area contributed by atoms with Gasteiger partial charge in [0.05, 0.1) is 11.4 Å². The zero-order chi connectivity index (χ0) is 31.9. The normalized spacial score (nSPS) is 13.9. The number of amides is 2. The Kier molecular flexibility index (Phi) is 11.4. The zero-order valence-corrected chi connectivity index (χ0v) is 27.3. The standard InChI is InChI=1S/C32H37Cl2N3O6S/c1-4-22(3)35-32(39)28(17-23-9-7-6-8-10-23)36(20-24-11-12-25(33)18-27(24)34)31(38)21-37(44(40,41)5-2)26-13-14-29-30(19-26)43-16-15-42-29/h6-14,18-19,22,28H,4-5,15-17,20-21H2,1-3H3,(H,35,39)/t22-,28-/m0/s1. The zero-order valence-electron chi connectivity index (χ0n) is 25.0. The van der Waals surface area contributed by atoms with E-state index in [0.29, 0.717) is 46.7 Å². The lowest BCUT2D eigenvalue weighted by Gasteiger charge is -2.34. The topological polar surface area (TPSA) is 105 Å². The number of carbonyl (C=O) groups is 2. The van der Waals surface area contributed by atoms with Gasteiger partial charge >= 0.3 is 0 Å². The summed E-state index contributed by atoms with van der Waals surface area (Å²) in [6, 6.07) is 17.9. The minimum atomic E-state index is -3.94. The first-order valence-corrected chi connectivity index (χ1v) is 16.9. The monoisotopic (exact) mass is 661 g/mol. The third-order valence-electron chi connectivity index (χ3n) is 7.42. The van der Waals surface area contributed by atoms with Crippen LogP contribution in [0.5, 0.6) is 11.5 Å². The second kappa shape index (κ2) is 15.0. The van der Waals surface area contributed by atoms with Gasteiger partial charge in [0.1, 0.15) is 25.8 Å². The van der Waals surface area contributed by atoms with E-state index in [-0.39, 0.29) is 36.4 Å². The lowest BCUT2D eigenvalue weighted by Crippen LogP contribution is -2.54. The highest BCUT2D eigenvalue weighted by Crippen LogP contribution is 2.35. The van der Waals surface area contributed by atoms with Crippen molar-refractivity contribution in [1.29, 1.82) is 0 Å². The van der Waals surface area contributed by atoms with Crippen LogP contribution in [0.15, 0.2) is 66.7 Å².